The molecule has 0 bridgehead atoms. The fourth-order valence-electron chi connectivity index (χ4n) is 10.1. The molecular weight excluding hydrogens is 775 g/mol. The van der Waals surface area contributed by atoms with Crippen LogP contribution in [-0.4, -0.2) is 15.0 Å². The summed E-state index contributed by atoms with van der Waals surface area (Å²) in [5.41, 5.74) is 9.52. The molecule has 1 heterocycles. The molecule has 12 aromatic carbocycles. The fraction of sp³-hybridized carbons (Fsp3) is 0. The van der Waals surface area contributed by atoms with Crippen molar-refractivity contribution in [2.75, 3.05) is 0 Å². The van der Waals surface area contributed by atoms with Crippen LogP contribution >= 0.6 is 0 Å². The Kier molecular flexibility index (Phi) is 8.22. The Morgan fingerprint density at radius 2 is 0.594 bits per heavy atom. The van der Waals surface area contributed by atoms with Gasteiger partial charge in [0.15, 0.2) is 17.5 Å². The molecule has 296 valence electrons. The number of benzene rings is 11. The van der Waals surface area contributed by atoms with E-state index in [9.17, 15) is 0 Å². The van der Waals surface area contributed by atoms with Gasteiger partial charge < -0.3 is 0 Å². The minimum atomic E-state index is 0.629. The van der Waals surface area contributed by atoms with E-state index in [0.717, 1.165) is 44.5 Å². The molecule has 0 atom stereocenters. The second-order valence-electron chi connectivity index (χ2n) is 16.7. The van der Waals surface area contributed by atoms with E-state index >= 15 is 0 Å². The molecular formula is C61H37N3. The number of hydrogen-bond acceptors (Lipinski definition) is 3. The van der Waals surface area contributed by atoms with E-state index in [4.69, 9.17) is 15.0 Å². The van der Waals surface area contributed by atoms with Crippen molar-refractivity contribution in [3.8, 4) is 67.5 Å². The van der Waals surface area contributed by atoms with Crippen LogP contribution in [0.1, 0.15) is 0 Å². The first kappa shape index (κ1) is 36.2. The van der Waals surface area contributed by atoms with E-state index < -0.39 is 0 Å². The normalized spacial score (nSPS) is 11.8. The van der Waals surface area contributed by atoms with Crippen LogP contribution in [0.3, 0.4) is 0 Å². The van der Waals surface area contributed by atoms with Gasteiger partial charge in [0.25, 0.3) is 0 Å². The molecule has 0 aliphatic rings. The van der Waals surface area contributed by atoms with Gasteiger partial charge in [-0.3, -0.25) is 0 Å². The molecule has 0 unspecified atom stereocenters. The Morgan fingerprint density at radius 1 is 0.203 bits per heavy atom. The van der Waals surface area contributed by atoms with E-state index in [-0.39, 0.29) is 0 Å². The van der Waals surface area contributed by atoms with E-state index in [2.05, 4.69) is 200 Å². The Labute approximate surface area is 370 Å². The third kappa shape index (κ3) is 5.79. The Balaban J connectivity index is 0.976. The maximum Gasteiger partial charge on any atom is 0.164 e. The molecule has 0 saturated carbocycles. The van der Waals surface area contributed by atoms with Crippen LogP contribution < -0.4 is 0 Å². The first-order chi connectivity index (χ1) is 31.7. The highest BCUT2D eigenvalue weighted by atomic mass is 15.0. The molecule has 0 aliphatic heterocycles. The van der Waals surface area contributed by atoms with Crippen molar-refractivity contribution in [2.45, 2.75) is 0 Å². The number of hydrogen-bond donors (Lipinski definition) is 0. The third-order valence-corrected chi connectivity index (χ3v) is 13.0. The van der Waals surface area contributed by atoms with Crippen LogP contribution in [0.5, 0.6) is 0 Å². The van der Waals surface area contributed by atoms with Crippen LogP contribution in [-0.2, 0) is 0 Å². The lowest BCUT2D eigenvalue weighted by Gasteiger charge is -2.17. The molecule has 13 rings (SSSR count). The van der Waals surface area contributed by atoms with Crippen LogP contribution in [0.15, 0.2) is 224 Å². The number of fused-ring (bicyclic) bond motifs is 2. The SMILES string of the molecule is c1ccc(-c2nc(-c3ccccc3-c3ccccc3)nc(-c3ccccc3-c3ccc(-c4cc5ccc6cccc7c8cccc9ccc%10cccc(c(c4)c5c67)c%10c98)cc3)n2)cc1. The van der Waals surface area contributed by atoms with E-state index in [0.29, 0.717) is 17.5 Å². The van der Waals surface area contributed by atoms with Crippen LogP contribution in [0.4, 0.5) is 0 Å². The van der Waals surface area contributed by atoms with E-state index in [1.54, 1.807) is 0 Å². The predicted molar refractivity (Wildman–Crippen MR) is 269 cm³/mol. The van der Waals surface area contributed by atoms with Crippen LogP contribution in [0, 0.1) is 0 Å². The highest BCUT2D eigenvalue weighted by Gasteiger charge is 2.19. The maximum absolute atomic E-state index is 5.25. The summed E-state index contributed by atoms with van der Waals surface area (Å²) in [6, 6.07) is 80.7. The second kappa shape index (κ2) is 14.5. The number of aromatic nitrogens is 3. The summed E-state index contributed by atoms with van der Waals surface area (Å²) in [4.78, 5) is 15.5. The van der Waals surface area contributed by atoms with Gasteiger partial charge in [-0.2, -0.15) is 0 Å². The molecule has 1 aromatic heterocycles. The molecule has 3 heteroatoms. The lowest BCUT2D eigenvalue weighted by Crippen LogP contribution is -2.02. The molecule has 64 heavy (non-hydrogen) atoms. The van der Waals surface area contributed by atoms with E-state index in [1.165, 1.54) is 70.2 Å². The Hall–Kier alpha value is -8.53. The molecule has 13 aromatic rings. The molecule has 0 aliphatic carbocycles. The van der Waals surface area contributed by atoms with Gasteiger partial charge in [0.1, 0.15) is 0 Å². The van der Waals surface area contributed by atoms with Crippen molar-refractivity contribution in [2.24, 2.45) is 0 Å². The van der Waals surface area contributed by atoms with Crippen molar-refractivity contribution >= 4 is 64.6 Å². The van der Waals surface area contributed by atoms with Gasteiger partial charge in [0.05, 0.1) is 0 Å². The Morgan fingerprint density at radius 3 is 1.12 bits per heavy atom. The molecule has 0 N–H and O–H groups in total. The van der Waals surface area contributed by atoms with Crippen LogP contribution in [0.25, 0.3) is 132 Å². The van der Waals surface area contributed by atoms with Crippen molar-refractivity contribution in [1.29, 1.82) is 0 Å². The lowest BCUT2D eigenvalue weighted by molar-refractivity contribution is 1.07. The standard InChI is InChI=1S/C61H37N3/c1-3-14-39(15-4-1)47-21-7-9-23-52(47)60-62-59(44-16-5-2-6-17-44)63-61(64-60)53-24-10-8-22-48(53)40-30-28-38(29-31-40)46-36-45-35-34-43-19-12-26-50-49-25-11-18-41-32-33-42-20-13-27-51(57(42)55(41)49)54(37-46)58(45)56(43)50/h1-37H. The van der Waals surface area contributed by atoms with Crippen LogP contribution in [0.2, 0.25) is 0 Å². The average molecular weight is 812 g/mol. The molecule has 0 amide bonds. The van der Waals surface area contributed by atoms with Crippen molar-refractivity contribution in [1.82, 2.24) is 15.0 Å². The summed E-state index contributed by atoms with van der Waals surface area (Å²) in [6.45, 7) is 0. The number of rotatable bonds is 6. The lowest BCUT2D eigenvalue weighted by atomic mass is 9.86. The molecule has 0 saturated heterocycles. The molecule has 0 radical (unpaired) electrons. The second-order valence-corrected chi connectivity index (χ2v) is 16.7. The predicted octanol–water partition coefficient (Wildman–Crippen LogP) is 16.2. The summed E-state index contributed by atoms with van der Waals surface area (Å²) in [6.07, 6.45) is 0. The highest BCUT2D eigenvalue weighted by Crippen LogP contribution is 2.45. The van der Waals surface area contributed by atoms with Gasteiger partial charge >= 0.3 is 0 Å². The van der Waals surface area contributed by atoms with Crippen molar-refractivity contribution in [3.05, 3.63) is 224 Å². The van der Waals surface area contributed by atoms with Gasteiger partial charge in [-0.05, 0) is 110 Å². The van der Waals surface area contributed by atoms with Gasteiger partial charge in [0, 0.05) is 16.7 Å². The fourth-order valence-corrected chi connectivity index (χ4v) is 10.1. The zero-order valence-electron chi connectivity index (χ0n) is 34.7. The van der Waals surface area contributed by atoms with Gasteiger partial charge in [0.2, 0.25) is 0 Å². The highest BCUT2D eigenvalue weighted by molar-refractivity contribution is 6.37. The smallest absolute Gasteiger partial charge is 0.164 e. The monoisotopic (exact) mass is 811 g/mol. The average Bonchev–Trinajstić information content (AvgIpc) is 3.37. The summed E-state index contributed by atoms with van der Waals surface area (Å²) in [5.74, 6) is 1.90. The van der Waals surface area contributed by atoms with E-state index in [1.807, 2.05) is 24.3 Å². The number of nitrogens with zero attached hydrogens (tertiary/aromatic N) is 3. The third-order valence-electron chi connectivity index (χ3n) is 13.0. The largest absolute Gasteiger partial charge is 0.208 e. The first-order valence-electron chi connectivity index (χ1n) is 21.8. The quantitative estimate of drug-likeness (QED) is 0.157. The van der Waals surface area contributed by atoms with Crippen molar-refractivity contribution < 1.29 is 0 Å². The summed E-state index contributed by atoms with van der Waals surface area (Å²) in [5, 5.41) is 15.4. The molecule has 0 fully saturated rings. The molecule has 3 nitrogen and oxygen atoms in total. The minimum Gasteiger partial charge on any atom is -0.208 e. The minimum absolute atomic E-state index is 0.629. The summed E-state index contributed by atoms with van der Waals surface area (Å²) < 4.78 is 0. The zero-order chi connectivity index (χ0) is 42.1. The topological polar surface area (TPSA) is 38.7 Å². The summed E-state index contributed by atoms with van der Waals surface area (Å²) >= 11 is 0. The van der Waals surface area contributed by atoms with Crippen molar-refractivity contribution in [3.63, 3.8) is 0 Å². The maximum atomic E-state index is 5.25. The Bertz CT molecular complexity index is 3930. The zero-order valence-corrected chi connectivity index (χ0v) is 34.7. The van der Waals surface area contributed by atoms with Gasteiger partial charge in [-0.1, -0.05) is 212 Å². The van der Waals surface area contributed by atoms with Gasteiger partial charge in [-0.25, -0.2) is 15.0 Å². The van der Waals surface area contributed by atoms with Gasteiger partial charge in [-0.15, -0.1) is 0 Å². The summed E-state index contributed by atoms with van der Waals surface area (Å²) in [7, 11) is 0. The first-order valence-corrected chi connectivity index (χ1v) is 21.8. The molecule has 0 spiro atoms.